The average Bonchev–Trinajstić information content (AvgIpc) is 3.06. The van der Waals surface area contributed by atoms with Crippen LogP contribution in [0.4, 0.5) is 0 Å². The molecular formula is C40H24. The molecule has 184 valence electrons. The minimum absolute atomic E-state index is 0.0302. The van der Waals surface area contributed by atoms with Crippen LogP contribution in [0.3, 0.4) is 0 Å². The monoisotopic (exact) mass is 508 g/mol. The Labute approximate surface area is 237 Å². The smallest absolute Gasteiger partial charge is 0.0616 e. The summed E-state index contributed by atoms with van der Waals surface area (Å²) in [6.45, 7) is 0. The fraction of sp³-hybridized carbons (Fsp3) is 0. The second-order valence-electron chi connectivity index (χ2n) is 10.6. The zero-order chi connectivity index (χ0) is 29.7. The molecule has 0 heteroatoms. The van der Waals surface area contributed by atoms with E-state index in [0.717, 1.165) is 70.2 Å². The third-order valence-corrected chi connectivity index (χ3v) is 8.43. The normalized spacial score (nSPS) is 13.4. The van der Waals surface area contributed by atoms with Crippen LogP contribution in [0.1, 0.15) is 5.48 Å². The van der Waals surface area contributed by atoms with Gasteiger partial charge in [-0.05, 0) is 93.0 Å². The van der Waals surface area contributed by atoms with Gasteiger partial charge in [0.25, 0.3) is 0 Å². The highest BCUT2D eigenvalue weighted by atomic mass is 14.2. The highest BCUT2D eigenvalue weighted by Crippen LogP contribution is 2.42. The fourth-order valence-corrected chi connectivity index (χ4v) is 6.63. The fourth-order valence-electron chi connectivity index (χ4n) is 6.63. The van der Waals surface area contributed by atoms with Crippen LogP contribution in [-0.4, -0.2) is 0 Å². The van der Waals surface area contributed by atoms with Gasteiger partial charge in [-0.2, -0.15) is 0 Å². The molecule has 9 rings (SSSR count). The van der Waals surface area contributed by atoms with Crippen LogP contribution in [-0.2, 0) is 0 Å². The molecule has 0 N–H and O–H groups in total. The highest BCUT2D eigenvalue weighted by molar-refractivity contribution is 6.26. The van der Waals surface area contributed by atoms with Gasteiger partial charge in [-0.25, -0.2) is 0 Å². The van der Waals surface area contributed by atoms with E-state index in [0.29, 0.717) is 16.7 Å². The molecule has 0 fully saturated rings. The van der Waals surface area contributed by atoms with Crippen molar-refractivity contribution < 1.29 is 5.48 Å². The first-order valence-corrected chi connectivity index (χ1v) is 13.6. The summed E-state index contributed by atoms with van der Waals surface area (Å²) in [5, 5.41) is 12.5. The molecule has 9 aromatic rings. The largest absolute Gasteiger partial charge is 0.0629 e. The maximum absolute atomic E-state index is 9.44. The average molecular weight is 509 g/mol. The maximum atomic E-state index is 9.44. The molecule has 0 aliphatic rings. The summed E-state index contributed by atoms with van der Waals surface area (Å²) in [6, 6.07) is 41.1. The molecule has 0 heterocycles. The van der Waals surface area contributed by atoms with Crippen molar-refractivity contribution in [2.24, 2.45) is 0 Å². The van der Waals surface area contributed by atoms with Gasteiger partial charge in [0.2, 0.25) is 0 Å². The molecule has 0 spiro atoms. The Hall–Kier alpha value is -5.20. The van der Waals surface area contributed by atoms with Crippen LogP contribution in [0.25, 0.3) is 86.9 Å². The molecular weight excluding hydrogens is 480 g/mol. The van der Waals surface area contributed by atoms with E-state index in [1.165, 1.54) is 0 Å². The quantitative estimate of drug-likeness (QED) is 0.161. The Morgan fingerprint density at radius 1 is 0.350 bits per heavy atom. The maximum Gasteiger partial charge on any atom is 0.0629 e. The van der Waals surface area contributed by atoms with Crippen LogP contribution in [0.2, 0.25) is 0 Å². The lowest BCUT2D eigenvalue weighted by Gasteiger charge is -2.16. The van der Waals surface area contributed by atoms with Gasteiger partial charge >= 0.3 is 0 Å². The lowest BCUT2D eigenvalue weighted by Crippen LogP contribution is -1.89. The highest BCUT2D eigenvalue weighted by Gasteiger charge is 2.15. The van der Waals surface area contributed by atoms with E-state index in [1.54, 1.807) is 0 Å². The first-order valence-electron chi connectivity index (χ1n) is 15.6. The number of fused-ring (bicyclic) bond motifs is 4. The summed E-state index contributed by atoms with van der Waals surface area (Å²) < 4.78 is 37.7. The van der Waals surface area contributed by atoms with Gasteiger partial charge in [0, 0.05) is 0 Å². The molecule has 0 bridgehead atoms. The second kappa shape index (κ2) is 8.15. The number of hydrogen-bond donors (Lipinski definition) is 0. The second-order valence-corrected chi connectivity index (χ2v) is 10.6. The van der Waals surface area contributed by atoms with Crippen LogP contribution in [0, 0.1) is 0 Å². The van der Waals surface area contributed by atoms with Crippen LogP contribution < -0.4 is 0 Å². The molecule has 0 saturated heterocycles. The van der Waals surface area contributed by atoms with Gasteiger partial charge in [-0.1, -0.05) is 139 Å². The van der Waals surface area contributed by atoms with Gasteiger partial charge < -0.3 is 0 Å². The predicted octanol–water partition coefficient (Wildman–Crippen LogP) is 11.4. The molecule has 0 radical (unpaired) electrons. The predicted molar refractivity (Wildman–Crippen MR) is 174 cm³/mol. The molecule has 0 saturated carbocycles. The van der Waals surface area contributed by atoms with Gasteiger partial charge in [-0.15, -0.1) is 0 Å². The summed E-state index contributed by atoms with van der Waals surface area (Å²) in [7, 11) is 0. The zero-order valence-corrected chi connectivity index (χ0v) is 21.5. The van der Waals surface area contributed by atoms with Crippen LogP contribution in [0.5, 0.6) is 0 Å². The van der Waals surface area contributed by atoms with Crippen LogP contribution >= 0.6 is 0 Å². The number of benzene rings is 9. The van der Waals surface area contributed by atoms with E-state index >= 15 is 0 Å². The van der Waals surface area contributed by atoms with Crippen molar-refractivity contribution in [2.75, 3.05) is 0 Å². The van der Waals surface area contributed by atoms with Crippen molar-refractivity contribution in [1.29, 1.82) is 0 Å². The van der Waals surface area contributed by atoms with E-state index in [4.69, 9.17) is 0 Å². The summed E-state index contributed by atoms with van der Waals surface area (Å²) >= 11 is 0. The van der Waals surface area contributed by atoms with Crippen molar-refractivity contribution >= 4 is 64.6 Å². The molecule has 40 heavy (non-hydrogen) atoms. The third-order valence-electron chi connectivity index (χ3n) is 8.43. The van der Waals surface area contributed by atoms with Gasteiger partial charge in [0.15, 0.2) is 0 Å². The zero-order valence-electron chi connectivity index (χ0n) is 25.5. The molecule has 0 unspecified atom stereocenters. The lowest BCUT2D eigenvalue weighted by atomic mass is 9.87. The van der Waals surface area contributed by atoms with E-state index in [1.807, 2.05) is 48.5 Å². The van der Waals surface area contributed by atoms with Gasteiger partial charge in [0.1, 0.15) is 0 Å². The van der Waals surface area contributed by atoms with E-state index < -0.39 is 0 Å². The summed E-state index contributed by atoms with van der Waals surface area (Å²) in [6.07, 6.45) is 0. The van der Waals surface area contributed by atoms with Crippen molar-refractivity contribution in [3.8, 4) is 22.3 Å². The molecule has 0 amide bonds. The van der Waals surface area contributed by atoms with Gasteiger partial charge in [0.05, 0.1) is 5.48 Å². The SMILES string of the molecule is [2H]c1c([2H])c(-c2c3ccccc3cc3ccc4ccccc4c23)c([2H])c([2H])c1-c1ccc2ccc3cccc4ccc1c2c34. The Balaban J connectivity index is 1.41. The summed E-state index contributed by atoms with van der Waals surface area (Å²) in [5.74, 6) is 0. The first kappa shape index (κ1) is 18.2. The first-order chi connectivity index (χ1) is 21.5. The molecule has 0 aliphatic heterocycles. The summed E-state index contributed by atoms with van der Waals surface area (Å²) in [4.78, 5) is 0. The van der Waals surface area contributed by atoms with E-state index in [2.05, 4.69) is 72.8 Å². The van der Waals surface area contributed by atoms with Crippen molar-refractivity contribution in [2.45, 2.75) is 0 Å². The molecule has 0 atom stereocenters. The Bertz CT molecular complexity index is 2610. The topological polar surface area (TPSA) is 0 Å². The number of hydrogen-bond acceptors (Lipinski definition) is 0. The van der Waals surface area contributed by atoms with Crippen LogP contribution in [0.15, 0.2) is 145 Å². The Morgan fingerprint density at radius 2 is 0.925 bits per heavy atom. The third kappa shape index (κ3) is 3.02. The van der Waals surface area contributed by atoms with E-state index in [-0.39, 0.29) is 24.2 Å². The molecule has 9 aromatic carbocycles. The van der Waals surface area contributed by atoms with Crippen molar-refractivity contribution in [1.82, 2.24) is 0 Å². The lowest BCUT2D eigenvalue weighted by molar-refractivity contribution is 1.65. The molecule has 0 nitrogen and oxygen atoms in total. The van der Waals surface area contributed by atoms with Gasteiger partial charge in [-0.3, -0.25) is 0 Å². The summed E-state index contributed by atoms with van der Waals surface area (Å²) in [5.41, 5.74) is 2.12. The standard InChI is InChI=1S/C40H24/c1-3-10-34-25(6-1)14-19-32-24-31-7-2-4-11-35(31)38(40(32)34)29-15-12-26(13-16-29)33-22-20-30-18-17-27-8-5-9-28-21-23-36(33)39(30)37(27)28/h1-24H/i12D,13D,15D,16D. The van der Waals surface area contributed by atoms with Crippen molar-refractivity contribution in [3.63, 3.8) is 0 Å². The molecule has 0 aromatic heterocycles. The Kier molecular flexibility index (Phi) is 3.70. The Morgan fingerprint density at radius 3 is 1.75 bits per heavy atom. The number of rotatable bonds is 2. The minimum Gasteiger partial charge on any atom is -0.0616 e. The molecule has 0 aliphatic carbocycles. The van der Waals surface area contributed by atoms with E-state index in [9.17, 15) is 5.48 Å². The van der Waals surface area contributed by atoms with Crippen molar-refractivity contribution in [3.05, 3.63) is 145 Å². The minimum atomic E-state index is -0.0303.